The molecule has 0 bridgehead atoms. The number of aryl methyl sites for hydroxylation is 1. The zero-order valence-electron chi connectivity index (χ0n) is 24.2. The van der Waals surface area contributed by atoms with Crippen LogP contribution in [0.15, 0.2) is 49.1 Å². The summed E-state index contributed by atoms with van der Waals surface area (Å²) >= 11 is 6.39. The molecule has 3 aliphatic rings. The van der Waals surface area contributed by atoms with Gasteiger partial charge in [0.25, 0.3) is 0 Å². The third kappa shape index (κ3) is 5.74. The van der Waals surface area contributed by atoms with E-state index in [1.54, 1.807) is 17.0 Å². The molecule has 5 rings (SSSR count). The molecule has 2 aromatic rings. The van der Waals surface area contributed by atoms with Crippen molar-refractivity contribution >= 4 is 29.2 Å². The molecule has 0 N–H and O–H groups in total. The number of amides is 1. The number of fused-ring (bicyclic) bond motifs is 3. The van der Waals surface area contributed by atoms with Gasteiger partial charge in [0.05, 0.1) is 17.9 Å². The van der Waals surface area contributed by atoms with Crippen LogP contribution in [0.4, 0.5) is 5.69 Å². The summed E-state index contributed by atoms with van der Waals surface area (Å²) in [7, 11) is 1.85. The summed E-state index contributed by atoms with van der Waals surface area (Å²) in [6, 6.07) is 11.8. The Labute approximate surface area is 243 Å². The van der Waals surface area contributed by atoms with Crippen LogP contribution in [0.1, 0.15) is 67.9 Å². The first kappa shape index (κ1) is 28.5. The Morgan fingerprint density at radius 1 is 1.23 bits per heavy atom. The second-order valence-electron chi connectivity index (χ2n) is 12.7. The second-order valence-corrected chi connectivity index (χ2v) is 13.2. The number of anilines is 1. The van der Waals surface area contributed by atoms with Gasteiger partial charge in [-0.25, -0.2) is 4.79 Å². The predicted molar refractivity (Wildman–Crippen MR) is 159 cm³/mol. The lowest BCUT2D eigenvalue weighted by molar-refractivity contribution is -0.139. The summed E-state index contributed by atoms with van der Waals surface area (Å²) in [5.74, 6) is 0.796. The molecule has 0 aromatic heterocycles. The number of carbonyl (C=O) groups excluding carboxylic acids is 2. The lowest BCUT2D eigenvalue weighted by Crippen LogP contribution is -2.50. The smallest absolute Gasteiger partial charge is 0.338 e. The monoisotopic (exact) mass is 564 g/mol. The Hall–Kier alpha value is -2.99. The van der Waals surface area contributed by atoms with Crippen molar-refractivity contribution in [3.63, 3.8) is 0 Å². The normalized spacial score (nSPS) is 23.7. The van der Waals surface area contributed by atoms with Gasteiger partial charge in [0.15, 0.2) is 0 Å². The molecule has 1 saturated carbocycles. The van der Waals surface area contributed by atoms with E-state index in [2.05, 4.69) is 23.6 Å². The average Bonchev–Trinajstić information content (AvgIpc) is 3.02. The van der Waals surface area contributed by atoms with Crippen molar-refractivity contribution in [2.75, 3.05) is 38.2 Å². The van der Waals surface area contributed by atoms with E-state index >= 15 is 0 Å². The molecule has 1 spiro atoms. The fraction of sp³-hybridized carbons (Fsp3) is 0.515. The zero-order chi connectivity index (χ0) is 28.7. The third-order valence-electron chi connectivity index (χ3n) is 8.64. The Balaban J connectivity index is 1.51. The van der Waals surface area contributed by atoms with Crippen molar-refractivity contribution in [1.29, 1.82) is 0 Å². The highest BCUT2D eigenvalue weighted by Gasteiger charge is 2.44. The van der Waals surface area contributed by atoms with Crippen LogP contribution in [0.5, 0.6) is 5.75 Å². The summed E-state index contributed by atoms with van der Waals surface area (Å²) in [5, 5.41) is 0.756. The van der Waals surface area contributed by atoms with E-state index in [-0.39, 0.29) is 29.1 Å². The lowest BCUT2D eigenvalue weighted by atomic mass is 9.69. The third-order valence-corrected chi connectivity index (χ3v) is 8.88. The molecule has 1 heterocycles. The molecule has 2 aliphatic carbocycles. The molecule has 3 atom stereocenters. The van der Waals surface area contributed by atoms with Crippen molar-refractivity contribution in [2.45, 2.75) is 63.9 Å². The number of ether oxygens (including phenoxy) is 2. The van der Waals surface area contributed by atoms with Crippen LogP contribution in [-0.4, -0.2) is 55.7 Å². The van der Waals surface area contributed by atoms with Gasteiger partial charge in [0.2, 0.25) is 5.91 Å². The maximum absolute atomic E-state index is 13.2. The Bertz CT molecular complexity index is 1300. The van der Waals surface area contributed by atoms with E-state index in [9.17, 15) is 9.59 Å². The minimum atomic E-state index is -0.589. The predicted octanol–water partition coefficient (Wildman–Crippen LogP) is 6.44. The fourth-order valence-electron chi connectivity index (χ4n) is 6.54. The largest absolute Gasteiger partial charge is 0.490 e. The molecular weight excluding hydrogens is 524 g/mol. The van der Waals surface area contributed by atoms with Crippen LogP contribution in [0.2, 0.25) is 5.02 Å². The Morgan fingerprint density at radius 2 is 2.02 bits per heavy atom. The van der Waals surface area contributed by atoms with E-state index in [0.29, 0.717) is 18.7 Å². The van der Waals surface area contributed by atoms with Gasteiger partial charge in [-0.15, -0.1) is 6.58 Å². The molecule has 0 radical (unpaired) electrons. The summed E-state index contributed by atoms with van der Waals surface area (Å²) in [5.41, 5.74) is 3.16. The van der Waals surface area contributed by atoms with Crippen molar-refractivity contribution in [1.82, 2.24) is 4.90 Å². The molecule has 2 aromatic carbocycles. The van der Waals surface area contributed by atoms with E-state index in [4.69, 9.17) is 21.1 Å². The lowest BCUT2D eigenvalue weighted by Gasteiger charge is -2.44. The summed E-state index contributed by atoms with van der Waals surface area (Å²) in [4.78, 5) is 30.4. The summed E-state index contributed by atoms with van der Waals surface area (Å²) in [6.07, 6.45) is 6.72. The quantitative estimate of drug-likeness (QED) is 0.298. The minimum absolute atomic E-state index is 0.0139. The van der Waals surface area contributed by atoms with Crippen LogP contribution in [0.25, 0.3) is 0 Å². The maximum atomic E-state index is 13.2. The van der Waals surface area contributed by atoms with E-state index in [1.165, 1.54) is 11.1 Å². The highest BCUT2D eigenvalue weighted by molar-refractivity contribution is 6.30. The molecule has 0 unspecified atom stereocenters. The first-order chi connectivity index (χ1) is 19.0. The standard InChI is InChI=1S/C33H41ClN2O4/c1-6-16-35(5)30(37)26-12-9-24(26)19-36-20-33(15-7-8-22-17-25(34)11-13-27(22)33)21-39-29-14-10-23(18-28(29)36)31(38)40-32(2,3)4/h6,10-11,13-14,17-18,24,26H,1,7-9,12,15-16,19-21H2,2-5H3/t24-,26+,33-/m0/s1. The number of hydrogen-bond acceptors (Lipinski definition) is 5. The number of likely N-dealkylation sites (N-methyl/N-ethyl adjacent to an activating group) is 1. The topological polar surface area (TPSA) is 59.1 Å². The van der Waals surface area contributed by atoms with Gasteiger partial charge in [0, 0.05) is 43.0 Å². The Kier molecular flexibility index (Phi) is 7.93. The maximum Gasteiger partial charge on any atom is 0.338 e. The van der Waals surface area contributed by atoms with Crippen LogP contribution < -0.4 is 9.64 Å². The van der Waals surface area contributed by atoms with Crippen molar-refractivity contribution < 1.29 is 19.1 Å². The summed E-state index contributed by atoms with van der Waals surface area (Å²) < 4.78 is 12.3. The number of benzene rings is 2. The fourth-order valence-corrected chi connectivity index (χ4v) is 6.74. The number of rotatable bonds is 6. The van der Waals surface area contributed by atoms with E-state index in [0.717, 1.165) is 61.7 Å². The molecule has 1 fully saturated rings. The second kappa shape index (κ2) is 11.1. The molecule has 1 aliphatic heterocycles. The number of halogens is 1. The van der Waals surface area contributed by atoms with Crippen LogP contribution in [0.3, 0.4) is 0 Å². The van der Waals surface area contributed by atoms with Crippen molar-refractivity contribution in [3.8, 4) is 5.75 Å². The van der Waals surface area contributed by atoms with Crippen LogP contribution in [0, 0.1) is 11.8 Å². The Morgan fingerprint density at radius 3 is 2.73 bits per heavy atom. The summed E-state index contributed by atoms with van der Waals surface area (Å²) in [6.45, 7) is 12.0. The van der Waals surface area contributed by atoms with Crippen LogP contribution >= 0.6 is 11.6 Å². The van der Waals surface area contributed by atoms with E-state index in [1.807, 2.05) is 46.0 Å². The van der Waals surface area contributed by atoms with Gasteiger partial charge >= 0.3 is 5.97 Å². The first-order valence-corrected chi connectivity index (χ1v) is 14.8. The highest BCUT2D eigenvalue weighted by atomic mass is 35.5. The highest BCUT2D eigenvalue weighted by Crippen LogP contribution is 2.46. The van der Waals surface area contributed by atoms with Crippen molar-refractivity contribution in [3.05, 3.63) is 70.8 Å². The molecule has 6 nitrogen and oxygen atoms in total. The van der Waals surface area contributed by atoms with E-state index < -0.39 is 5.60 Å². The SMILES string of the molecule is C=CCN(C)C(=O)[C@@H]1CC[C@H]1CN1C[C@@]2(CCCc3cc(Cl)ccc32)COc2ccc(C(=O)OC(C)(C)C)cc21. The molecule has 7 heteroatoms. The van der Waals surface area contributed by atoms with Gasteiger partial charge in [-0.1, -0.05) is 23.7 Å². The first-order valence-electron chi connectivity index (χ1n) is 14.4. The molecule has 214 valence electrons. The van der Waals surface area contributed by atoms with Gasteiger partial charge in [-0.2, -0.15) is 0 Å². The van der Waals surface area contributed by atoms with Gasteiger partial charge in [-0.3, -0.25) is 4.79 Å². The zero-order valence-corrected chi connectivity index (χ0v) is 24.9. The molecule has 40 heavy (non-hydrogen) atoms. The number of carbonyl (C=O) groups is 2. The molecule has 0 saturated heterocycles. The number of hydrogen-bond donors (Lipinski definition) is 0. The minimum Gasteiger partial charge on any atom is -0.490 e. The van der Waals surface area contributed by atoms with Crippen LogP contribution in [-0.2, 0) is 21.4 Å². The number of nitrogens with zero attached hydrogens (tertiary/aromatic N) is 2. The van der Waals surface area contributed by atoms with Gasteiger partial charge in [-0.05, 0) is 100 Å². The van der Waals surface area contributed by atoms with Crippen molar-refractivity contribution in [2.24, 2.45) is 11.8 Å². The van der Waals surface area contributed by atoms with Gasteiger partial charge in [0.1, 0.15) is 11.4 Å². The molecule has 1 amide bonds. The molecular formula is C33H41ClN2O4. The average molecular weight is 565 g/mol. The van der Waals surface area contributed by atoms with Gasteiger partial charge < -0.3 is 19.3 Å². The number of esters is 1.